The Kier molecular flexibility index (Phi) is 7.54. The monoisotopic (exact) mass is 414 g/mol. The van der Waals surface area contributed by atoms with Gasteiger partial charge in [-0.25, -0.2) is 17.6 Å². The second kappa shape index (κ2) is 9.47. The van der Waals surface area contributed by atoms with Gasteiger partial charge in [0.15, 0.2) is 6.10 Å². The normalized spacial score (nSPS) is 16.1. The first-order valence-corrected chi connectivity index (χ1v) is 11.0. The Labute approximate surface area is 165 Å². The number of carbonyl (C=O) groups is 2. The first-order chi connectivity index (χ1) is 13.2. The van der Waals surface area contributed by atoms with Crippen LogP contribution >= 0.6 is 0 Å². The van der Waals surface area contributed by atoms with Gasteiger partial charge in [0.2, 0.25) is 10.0 Å². The zero-order valence-electron chi connectivity index (χ0n) is 16.5. The predicted molar refractivity (Wildman–Crippen MR) is 102 cm³/mol. The number of likely N-dealkylation sites (tertiary alicyclic amines) is 1. The van der Waals surface area contributed by atoms with Crippen LogP contribution in [-0.2, 0) is 19.6 Å². The van der Waals surface area contributed by atoms with Gasteiger partial charge in [-0.3, -0.25) is 4.79 Å². The zero-order valence-corrected chi connectivity index (χ0v) is 17.3. The number of esters is 1. The molecule has 0 saturated carbocycles. The van der Waals surface area contributed by atoms with Gasteiger partial charge in [-0.05, 0) is 44.4 Å². The van der Waals surface area contributed by atoms with E-state index in [4.69, 9.17) is 4.74 Å². The number of ether oxygens (including phenoxy) is 1. The third kappa shape index (κ3) is 4.88. The molecule has 1 aromatic rings. The van der Waals surface area contributed by atoms with Crippen LogP contribution in [0.1, 0.15) is 50.4 Å². The first-order valence-electron chi connectivity index (χ1n) is 9.51. The third-order valence-corrected chi connectivity index (χ3v) is 6.85. The van der Waals surface area contributed by atoms with Crippen molar-refractivity contribution in [3.63, 3.8) is 0 Å². The highest BCUT2D eigenvalue weighted by Crippen LogP contribution is 2.21. The van der Waals surface area contributed by atoms with Gasteiger partial charge in [0.05, 0.1) is 10.5 Å². The van der Waals surface area contributed by atoms with Gasteiger partial charge in [0, 0.05) is 26.2 Å². The molecule has 1 aliphatic rings. The molecule has 0 aliphatic carbocycles. The van der Waals surface area contributed by atoms with Crippen LogP contribution in [0, 0.1) is 5.82 Å². The Morgan fingerprint density at radius 3 is 2.36 bits per heavy atom. The lowest BCUT2D eigenvalue weighted by Crippen LogP contribution is -2.42. The van der Waals surface area contributed by atoms with E-state index in [0.29, 0.717) is 13.1 Å². The topological polar surface area (TPSA) is 84.0 Å². The zero-order chi connectivity index (χ0) is 20.9. The molecule has 2 rings (SSSR count). The maximum Gasteiger partial charge on any atom is 0.341 e. The van der Waals surface area contributed by atoms with E-state index in [1.165, 1.54) is 11.2 Å². The number of hydrogen-bond donors (Lipinski definition) is 0. The lowest BCUT2D eigenvalue weighted by Gasteiger charge is -2.29. The minimum absolute atomic E-state index is 0.195. The number of rotatable bonds is 7. The second-order valence-electron chi connectivity index (χ2n) is 6.66. The van der Waals surface area contributed by atoms with Gasteiger partial charge in [-0.15, -0.1) is 0 Å². The van der Waals surface area contributed by atoms with E-state index in [-0.39, 0.29) is 23.9 Å². The maximum atomic E-state index is 14.2. The molecular formula is C19H27FN2O5S. The Balaban J connectivity index is 2.20. The molecular weight excluding hydrogens is 387 g/mol. The number of sulfonamides is 1. The highest BCUT2D eigenvalue weighted by molar-refractivity contribution is 7.89. The Hall–Kier alpha value is -2.00. The Bertz CT molecular complexity index is 818. The largest absolute Gasteiger partial charge is 0.449 e. The molecule has 1 aromatic carbocycles. The van der Waals surface area contributed by atoms with E-state index >= 15 is 0 Å². The number of carbonyl (C=O) groups excluding carboxylic acids is 2. The average molecular weight is 414 g/mol. The summed E-state index contributed by atoms with van der Waals surface area (Å²) in [6.07, 6.45) is 1.77. The molecule has 0 bridgehead atoms. The van der Waals surface area contributed by atoms with Crippen LogP contribution in [0.2, 0.25) is 0 Å². The number of benzene rings is 1. The van der Waals surface area contributed by atoms with Crippen molar-refractivity contribution >= 4 is 21.9 Å². The molecule has 0 N–H and O–H groups in total. The summed E-state index contributed by atoms with van der Waals surface area (Å²) < 4.78 is 45.7. The first kappa shape index (κ1) is 22.3. The summed E-state index contributed by atoms with van der Waals surface area (Å²) in [6, 6.07) is 3.00. The molecule has 0 aromatic heterocycles. The summed E-state index contributed by atoms with van der Waals surface area (Å²) in [5.41, 5.74) is -0.508. The van der Waals surface area contributed by atoms with Crippen molar-refractivity contribution in [3.05, 3.63) is 29.6 Å². The van der Waals surface area contributed by atoms with E-state index < -0.39 is 33.5 Å². The van der Waals surface area contributed by atoms with Crippen LogP contribution in [0.5, 0.6) is 0 Å². The molecule has 0 radical (unpaired) electrons. The van der Waals surface area contributed by atoms with Gasteiger partial charge in [-0.1, -0.05) is 13.8 Å². The molecule has 1 amide bonds. The fourth-order valence-electron chi connectivity index (χ4n) is 3.18. The summed E-state index contributed by atoms with van der Waals surface area (Å²) in [4.78, 5) is 26.2. The number of nitrogens with zero attached hydrogens (tertiary/aromatic N) is 2. The summed E-state index contributed by atoms with van der Waals surface area (Å²) in [6.45, 7) is 6.51. The van der Waals surface area contributed by atoms with Crippen molar-refractivity contribution in [1.29, 1.82) is 0 Å². The highest BCUT2D eigenvalue weighted by Gasteiger charge is 2.28. The lowest BCUT2D eigenvalue weighted by atomic mass is 10.1. The van der Waals surface area contributed by atoms with Crippen molar-refractivity contribution in [2.45, 2.75) is 51.0 Å². The SMILES string of the molecule is CCN(CC)S(=O)(=O)c1ccc(F)c(C(=O)O[C@H](C)C(=O)N2CCCCC2)c1. The van der Waals surface area contributed by atoms with Crippen LogP contribution in [0.25, 0.3) is 0 Å². The number of amides is 1. The molecule has 1 saturated heterocycles. The molecule has 0 unspecified atom stereocenters. The number of hydrogen-bond acceptors (Lipinski definition) is 5. The van der Waals surface area contributed by atoms with Crippen LogP contribution in [0.3, 0.4) is 0 Å². The standard InChI is InChI=1S/C19H27FN2O5S/c1-4-22(5-2)28(25,26)15-9-10-17(20)16(13-15)19(24)27-14(3)18(23)21-11-7-6-8-12-21/h9-10,13-14H,4-8,11-12H2,1-3H3/t14-/m1/s1. The van der Waals surface area contributed by atoms with E-state index in [1.54, 1.807) is 18.7 Å². The molecule has 1 aliphatic heterocycles. The van der Waals surface area contributed by atoms with Gasteiger partial charge < -0.3 is 9.64 Å². The molecule has 9 heteroatoms. The molecule has 1 fully saturated rings. The van der Waals surface area contributed by atoms with Crippen molar-refractivity contribution in [2.24, 2.45) is 0 Å². The van der Waals surface area contributed by atoms with Gasteiger partial charge in [0.1, 0.15) is 5.82 Å². The third-order valence-electron chi connectivity index (χ3n) is 4.80. The summed E-state index contributed by atoms with van der Waals surface area (Å²) in [7, 11) is -3.85. The predicted octanol–water partition coefficient (Wildman–Crippen LogP) is 2.41. The molecule has 0 spiro atoms. The van der Waals surface area contributed by atoms with Crippen LogP contribution < -0.4 is 0 Å². The van der Waals surface area contributed by atoms with E-state index in [2.05, 4.69) is 0 Å². The minimum atomic E-state index is -3.85. The van der Waals surface area contributed by atoms with E-state index in [1.807, 2.05) is 0 Å². The van der Waals surface area contributed by atoms with Gasteiger partial charge >= 0.3 is 5.97 Å². The Morgan fingerprint density at radius 2 is 1.79 bits per heavy atom. The quantitative estimate of drug-likeness (QED) is 0.640. The molecule has 1 heterocycles. The summed E-state index contributed by atoms with van der Waals surface area (Å²) >= 11 is 0. The van der Waals surface area contributed by atoms with E-state index in [0.717, 1.165) is 37.5 Å². The minimum Gasteiger partial charge on any atom is -0.449 e. The molecule has 156 valence electrons. The van der Waals surface area contributed by atoms with Gasteiger partial charge in [-0.2, -0.15) is 4.31 Å². The van der Waals surface area contributed by atoms with Crippen LogP contribution in [0.15, 0.2) is 23.1 Å². The lowest BCUT2D eigenvalue weighted by molar-refractivity contribution is -0.140. The maximum absolute atomic E-state index is 14.2. The Morgan fingerprint density at radius 1 is 1.18 bits per heavy atom. The van der Waals surface area contributed by atoms with E-state index in [9.17, 15) is 22.4 Å². The smallest absolute Gasteiger partial charge is 0.341 e. The van der Waals surface area contributed by atoms with Gasteiger partial charge in [0.25, 0.3) is 5.91 Å². The summed E-state index contributed by atoms with van der Waals surface area (Å²) in [5.74, 6) is -2.30. The molecule has 28 heavy (non-hydrogen) atoms. The fourth-order valence-corrected chi connectivity index (χ4v) is 4.66. The van der Waals surface area contributed by atoms with Crippen LogP contribution in [-0.4, -0.2) is 61.8 Å². The van der Waals surface area contributed by atoms with Crippen molar-refractivity contribution in [2.75, 3.05) is 26.2 Å². The van der Waals surface area contributed by atoms with Crippen molar-refractivity contribution < 1.29 is 27.1 Å². The average Bonchev–Trinajstić information content (AvgIpc) is 2.68. The number of halogens is 1. The summed E-state index contributed by atoms with van der Waals surface area (Å²) in [5, 5.41) is 0. The van der Waals surface area contributed by atoms with Crippen molar-refractivity contribution in [3.8, 4) is 0 Å². The molecule has 7 nitrogen and oxygen atoms in total. The molecule has 1 atom stereocenters. The van der Waals surface area contributed by atoms with Crippen LogP contribution in [0.4, 0.5) is 4.39 Å². The second-order valence-corrected chi connectivity index (χ2v) is 8.60. The number of piperidine rings is 1. The fraction of sp³-hybridized carbons (Fsp3) is 0.579. The highest BCUT2D eigenvalue weighted by atomic mass is 32.2. The van der Waals surface area contributed by atoms with Crippen molar-refractivity contribution in [1.82, 2.24) is 9.21 Å².